The first-order valence-corrected chi connectivity index (χ1v) is 7.13. The Labute approximate surface area is 127 Å². The van der Waals surface area contributed by atoms with Gasteiger partial charge < -0.3 is 4.74 Å². The van der Waals surface area contributed by atoms with E-state index in [0.717, 1.165) is 22.7 Å². The molecular formula is C16H14ClN3O. The fourth-order valence-electron chi connectivity index (χ4n) is 1.92. The standard InChI is InChI=1S/C16H14ClN3O/c17-10-14-11-20(19-18-14)15-6-8-16(9-7-15)21-12-13-4-2-1-3-5-13/h1-9,11H,10,12H2. The summed E-state index contributed by atoms with van der Waals surface area (Å²) in [5, 5.41) is 7.98. The lowest BCUT2D eigenvalue weighted by Gasteiger charge is -2.07. The van der Waals surface area contributed by atoms with Crippen LogP contribution >= 0.6 is 11.6 Å². The Kier molecular flexibility index (Phi) is 4.17. The monoisotopic (exact) mass is 299 g/mol. The van der Waals surface area contributed by atoms with Crippen LogP contribution in [0.4, 0.5) is 0 Å². The van der Waals surface area contributed by atoms with Gasteiger partial charge in [0.1, 0.15) is 12.4 Å². The average Bonchev–Trinajstić information content (AvgIpc) is 3.03. The molecule has 0 aliphatic rings. The van der Waals surface area contributed by atoms with Crippen LogP contribution in [-0.4, -0.2) is 15.0 Å². The zero-order valence-electron chi connectivity index (χ0n) is 11.3. The molecule has 0 aliphatic carbocycles. The highest BCUT2D eigenvalue weighted by atomic mass is 35.5. The first-order chi connectivity index (χ1) is 10.3. The van der Waals surface area contributed by atoms with Crippen LogP contribution in [0, 0.1) is 0 Å². The molecule has 0 amide bonds. The lowest BCUT2D eigenvalue weighted by Crippen LogP contribution is -1.97. The van der Waals surface area contributed by atoms with Crippen molar-refractivity contribution < 1.29 is 4.74 Å². The Morgan fingerprint density at radius 1 is 1.00 bits per heavy atom. The smallest absolute Gasteiger partial charge is 0.119 e. The predicted octanol–water partition coefficient (Wildman–Crippen LogP) is 3.59. The van der Waals surface area contributed by atoms with Gasteiger partial charge in [0.2, 0.25) is 0 Å². The highest BCUT2D eigenvalue weighted by molar-refractivity contribution is 6.16. The maximum absolute atomic E-state index is 5.74. The second-order valence-electron chi connectivity index (χ2n) is 4.56. The number of aromatic nitrogens is 3. The summed E-state index contributed by atoms with van der Waals surface area (Å²) in [7, 11) is 0. The summed E-state index contributed by atoms with van der Waals surface area (Å²) >= 11 is 5.72. The minimum absolute atomic E-state index is 0.359. The maximum atomic E-state index is 5.74. The van der Waals surface area contributed by atoms with Crippen molar-refractivity contribution in [2.75, 3.05) is 0 Å². The molecule has 0 aliphatic heterocycles. The van der Waals surface area contributed by atoms with Crippen LogP contribution < -0.4 is 4.74 Å². The van der Waals surface area contributed by atoms with Crippen molar-refractivity contribution in [1.82, 2.24) is 15.0 Å². The van der Waals surface area contributed by atoms with Crippen LogP contribution in [0.1, 0.15) is 11.3 Å². The average molecular weight is 300 g/mol. The number of hydrogen-bond acceptors (Lipinski definition) is 3. The van der Waals surface area contributed by atoms with Gasteiger partial charge in [0.25, 0.3) is 0 Å². The Morgan fingerprint density at radius 2 is 1.76 bits per heavy atom. The fourth-order valence-corrected chi connectivity index (χ4v) is 2.04. The van der Waals surface area contributed by atoms with E-state index in [-0.39, 0.29) is 0 Å². The number of hydrogen-bond donors (Lipinski definition) is 0. The predicted molar refractivity (Wildman–Crippen MR) is 81.7 cm³/mol. The molecule has 0 fully saturated rings. The third-order valence-corrected chi connectivity index (χ3v) is 3.30. The van der Waals surface area contributed by atoms with Gasteiger partial charge in [-0.25, -0.2) is 4.68 Å². The molecule has 0 saturated heterocycles. The highest BCUT2D eigenvalue weighted by Crippen LogP contribution is 2.16. The number of rotatable bonds is 5. The van der Waals surface area contributed by atoms with Gasteiger partial charge in [-0.2, -0.15) is 0 Å². The Morgan fingerprint density at radius 3 is 2.43 bits per heavy atom. The van der Waals surface area contributed by atoms with E-state index in [2.05, 4.69) is 10.3 Å². The summed E-state index contributed by atoms with van der Waals surface area (Å²) in [5.41, 5.74) is 2.82. The molecule has 2 aromatic carbocycles. The first-order valence-electron chi connectivity index (χ1n) is 6.59. The second-order valence-corrected chi connectivity index (χ2v) is 4.82. The Balaban J connectivity index is 1.66. The van der Waals surface area contributed by atoms with Crippen LogP contribution in [-0.2, 0) is 12.5 Å². The summed E-state index contributed by atoms with van der Waals surface area (Å²) < 4.78 is 7.44. The molecule has 21 heavy (non-hydrogen) atoms. The Hall–Kier alpha value is -2.33. The van der Waals surface area contributed by atoms with Crippen molar-refractivity contribution in [3.05, 3.63) is 72.1 Å². The second kappa shape index (κ2) is 6.41. The van der Waals surface area contributed by atoms with Crippen molar-refractivity contribution in [3.63, 3.8) is 0 Å². The zero-order valence-corrected chi connectivity index (χ0v) is 12.1. The van der Waals surface area contributed by atoms with Crippen molar-refractivity contribution in [2.24, 2.45) is 0 Å². The van der Waals surface area contributed by atoms with Crippen LogP contribution in [0.5, 0.6) is 5.75 Å². The SMILES string of the molecule is ClCc1cn(-c2ccc(OCc3ccccc3)cc2)nn1. The van der Waals surface area contributed by atoms with Gasteiger partial charge in [-0.3, -0.25) is 0 Å². The minimum Gasteiger partial charge on any atom is -0.489 e. The lowest BCUT2D eigenvalue weighted by molar-refractivity contribution is 0.306. The minimum atomic E-state index is 0.359. The van der Waals surface area contributed by atoms with Crippen LogP contribution in [0.2, 0.25) is 0 Å². The number of halogens is 1. The topological polar surface area (TPSA) is 39.9 Å². The van der Waals surface area contributed by atoms with Gasteiger partial charge >= 0.3 is 0 Å². The van der Waals surface area contributed by atoms with Crippen molar-refractivity contribution in [3.8, 4) is 11.4 Å². The van der Waals surface area contributed by atoms with Gasteiger partial charge in [0.05, 0.1) is 23.5 Å². The summed E-state index contributed by atoms with van der Waals surface area (Å²) in [6, 6.07) is 17.8. The lowest BCUT2D eigenvalue weighted by atomic mass is 10.2. The van der Waals surface area contributed by atoms with Crippen molar-refractivity contribution in [2.45, 2.75) is 12.5 Å². The molecule has 3 aromatic rings. The van der Waals surface area contributed by atoms with E-state index in [1.54, 1.807) is 4.68 Å². The molecule has 5 heteroatoms. The molecule has 0 spiro atoms. The van der Waals surface area contributed by atoms with Gasteiger partial charge in [0, 0.05) is 0 Å². The van der Waals surface area contributed by atoms with Crippen molar-refractivity contribution >= 4 is 11.6 Å². The van der Waals surface area contributed by atoms with Crippen molar-refractivity contribution in [1.29, 1.82) is 0 Å². The maximum Gasteiger partial charge on any atom is 0.119 e. The number of benzene rings is 2. The van der Waals surface area contributed by atoms with E-state index in [0.29, 0.717) is 12.5 Å². The van der Waals surface area contributed by atoms with Gasteiger partial charge in [-0.15, -0.1) is 16.7 Å². The van der Waals surface area contributed by atoms with E-state index in [1.807, 2.05) is 60.8 Å². The molecule has 1 aromatic heterocycles. The Bertz CT molecular complexity index is 695. The van der Waals surface area contributed by atoms with E-state index < -0.39 is 0 Å². The molecule has 0 unspecified atom stereocenters. The summed E-state index contributed by atoms with van der Waals surface area (Å²) in [6.07, 6.45) is 1.81. The number of ether oxygens (including phenoxy) is 1. The molecular weight excluding hydrogens is 286 g/mol. The molecule has 0 saturated carbocycles. The summed E-state index contributed by atoms with van der Waals surface area (Å²) in [6.45, 7) is 0.555. The van der Waals surface area contributed by atoms with Gasteiger partial charge in [-0.05, 0) is 29.8 Å². The van der Waals surface area contributed by atoms with Crippen LogP contribution in [0.15, 0.2) is 60.8 Å². The molecule has 0 bridgehead atoms. The highest BCUT2D eigenvalue weighted by Gasteiger charge is 2.02. The summed E-state index contributed by atoms with van der Waals surface area (Å²) in [5.74, 6) is 1.18. The van der Waals surface area contributed by atoms with Crippen LogP contribution in [0.3, 0.4) is 0 Å². The van der Waals surface area contributed by atoms with E-state index in [9.17, 15) is 0 Å². The third kappa shape index (κ3) is 3.41. The van der Waals surface area contributed by atoms with Gasteiger partial charge in [-0.1, -0.05) is 35.5 Å². The molecule has 3 rings (SSSR count). The van der Waals surface area contributed by atoms with Crippen LogP contribution in [0.25, 0.3) is 5.69 Å². The third-order valence-electron chi connectivity index (χ3n) is 3.03. The molecule has 106 valence electrons. The largest absolute Gasteiger partial charge is 0.489 e. The van der Waals surface area contributed by atoms with Gasteiger partial charge in [0.15, 0.2) is 0 Å². The zero-order chi connectivity index (χ0) is 14.5. The molecule has 4 nitrogen and oxygen atoms in total. The molecule has 0 N–H and O–H groups in total. The number of alkyl halides is 1. The quantitative estimate of drug-likeness (QED) is 0.676. The molecule has 1 heterocycles. The van der Waals surface area contributed by atoms with E-state index in [4.69, 9.17) is 16.3 Å². The summed E-state index contributed by atoms with van der Waals surface area (Å²) in [4.78, 5) is 0. The first kappa shape index (κ1) is 13.6. The van der Waals surface area contributed by atoms with E-state index in [1.165, 1.54) is 0 Å². The number of nitrogens with zero attached hydrogens (tertiary/aromatic N) is 3. The fraction of sp³-hybridized carbons (Fsp3) is 0.125. The normalized spacial score (nSPS) is 10.5. The molecule has 0 radical (unpaired) electrons. The molecule has 0 atom stereocenters. The van der Waals surface area contributed by atoms with E-state index >= 15 is 0 Å².